The van der Waals surface area contributed by atoms with Gasteiger partial charge < -0.3 is 9.88 Å². The number of imidazole rings is 1. The molecule has 25 heavy (non-hydrogen) atoms. The number of nitrogens with zero attached hydrogens (tertiary/aromatic N) is 6. The molecule has 0 saturated carbocycles. The van der Waals surface area contributed by atoms with E-state index in [1.54, 1.807) is 18.6 Å². The van der Waals surface area contributed by atoms with Gasteiger partial charge in [-0.15, -0.1) is 0 Å². The summed E-state index contributed by atoms with van der Waals surface area (Å²) in [5, 5.41) is 3.22. The van der Waals surface area contributed by atoms with Crippen LogP contribution in [0.4, 0.5) is 11.6 Å². The highest BCUT2D eigenvalue weighted by atomic mass is 15.2. The van der Waals surface area contributed by atoms with Gasteiger partial charge in [0.2, 0.25) is 0 Å². The third-order valence-corrected chi connectivity index (χ3v) is 4.63. The highest BCUT2D eigenvalue weighted by Crippen LogP contribution is 2.33. The van der Waals surface area contributed by atoms with Gasteiger partial charge in [0.15, 0.2) is 0 Å². The van der Waals surface area contributed by atoms with Gasteiger partial charge in [-0.05, 0) is 37.1 Å². The van der Waals surface area contributed by atoms with Crippen LogP contribution in [0.3, 0.4) is 0 Å². The molecule has 0 bridgehead atoms. The van der Waals surface area contributed by atoms with Gasteiger partial charge in [-0.25, -0.2) is 15.0 Å². The molecule has 1 N–H and O–H groups in total. The van der Waals surface area contributed by atoms with Crippen molar-refractivity contribution in [3.63, 3.8) is 0 Å². The van der Waals surface area contributed by atoms with Gasteiger partial charge >= 0.3 is 0 Å². The second-order valence-electron chi connectivity index (χ2n) is 6.31. The van der Waals surface area contributed by atoms with Crippen molar-refractivity contribution in [2.75, 3.05) is 11.9 Å². The number of hydrogen-bond acceptors (Lipinski definition) is 6. The summed E-state index contributed by atoms with van der Waals surface area (Å²) in [6.07, 6.45) is 13.0. The molecule has 1 aliphatic heterocycles. The number of likely N-dealkylation sites (tertiary alicyclic amines) is 1. The zero-order chi connectivity index (χ0) is 17.1. The minimum Gasteiger partial charge on any atom is -0.337 e. The number of nitrogens with one attached hydrogen (secondary N) is 1. The van der Waals surface area contributed by atoms with Gasteiger partial charge in [-0.2, -0.15) is 0 Å². The molecule has 7 heteroatoms. The predicted molar refractivity (Wildman–Crippen MR) is 95.1 cm³/mol. The van der Waals surface area contributed by atoms with Gasteiger partial charge in [-0.3, -0.25) is 9.88 Å². The van der Waals surface area contributed by atoms with Crippen LogP contribution in [-0.4, -0.2) is 35.9 Å². The van der Waals surface area contributed by atoms with Gasteiger partial charge in [0.05, 0.1) is 18.2 Å². The quantitative estimate of drug-likeness (QED) is 0.773. The molecule has 3 aromatic heterocycles. The molecule has 0 amide bonds. The Hall–Kier alpha value is -2.80. The third kappa shape index (κ3) is 3.51. The Bertz CT molecular complexity index is 830. The van der Waals surface area contributed by atoms with Crippen molar-refractivity contribution in [1.29, 1.82) is 0 Å². The lowest BCUT2D eigenvalue weighted by atomic mass is 10.1. The number of rotatable bonds is 5. The fourth-order valence-electron chi connectivity index (χ4n) is 3.36. The van der Waals surface area contributed by atoms with E-state index in [1.807, 2.05) is 25.8 Å². The first-order valence-electron chi connectivity index (χ1n) is 8.48. The molecule has 1 aliphatic rings. The van der Waals surface area contributed by atoms with E-state index in [0.717, 1.165) is 25.3 Å². The van der Waals surface area contributed by atoms with Crippen molar-refractivity contribution >= 4 is 11.6 Å². The van der Waals surface area contributed by atoms with Gasteiger partial charge in [0.25, 0.3) is 0 Å². The minimum atomic E-state index is 0.403. The zero-order valence-corrected chi connectivity index (χ0v) is 14.2. The standard InChI is InChI=1S/C18H21N7/c1-24-13-20-10-15(24)12-25-8-2-3-16(25)14-4-5-21-17(9-14)23-18-11-19-6-7-22-18/h4-7,9-11,13,16H,2-3,8,12H2,1H3,(H,21,22,23)/t16-/m1/s1. The van der Waals surface area contributed by atoms with Crippen LogP contribution in [0.2, 0.25) is 0 Å². The van der Waals surface area contributed by atoms with Crippen molar-refractivity contribution in [2.24, 2.45) is 7.05 Å². The van der Waals surface area contributed by atoms with Crippen molar-refractivity contribution in [3.05, 3.63) is 60.7 Å². The first kappa shape index (κ1) is 15.7. The molecule has 0 radical (unpaired) electrons. The predicted octanol–water partition coefficient (Wildman–Crippen LogP) is 2.69. The molecule has 1 saturated heterocycles. The lowest BCUT2D eigenvalue weighted by molar-refractivity contribution is 0.243. The number of aryl methyl sites for hydroxylation is 1. The van der Waals surface area contributed by atoms with E-state index < -0.39 is 0 Å². The van der Waals surface area contributed by atoms with Crippen LogP contribution in [0, 0.1) is 0 Å². The summed E-state index contributed by atoms with van der Waals surface area (Å²) in [5.41, 5.74) is 2.51. The lowest BCUT2D eigenvalue weighted by Gasteiger charge is -2.25. The SMILES string of the molecule is Cn1cncc1CN1CCC[C@@H]1c1ccnc(Nc2cnccn2)c1. The van der Waals surface area contributed by atoms with Gasteiger partial charge in [-0.1, -0.05) is 0 Å². The maximum atomic E-state index is 4.41. The first-order chi connectivity index (χ1) is 12.3. The highest BCUT2D eigenvalue weighted by molar-refractivity contribution is 5.51. The van der Waals surface area contributed by atoms with E-state index in [9.17, 15) is 0 Å². The summed E-state index contributed by atoms with van der Waals surface area (Å²) >= 11 is 0. The van der Waals surface area contributed by atoms with Crippen LogP contribution in [0.25, 0.3) is 0 Å². The summed E-state index contributed by atoms with van der Waals surface area (Å²) in [5.74, 6) is 1.50. The second kappa shape index (κ2) is 6.98. The van der Waals surface area contributed by atoms with Gasteiger partial charge in [0.1, 0.15) is 11.6 Å². The molecular formula is C18H21N7. The molecule has 4 heterocycles. The molecule has 4 rings (SSSR count). The van der Waals surface area contributed by atoms with Gasteiger partial charge in [0, 0.05) is 44.4 Å². The maximum absolute atomic E-state index is 4.41. The smallest absolute Gasteiger partial charge is 0.150 e. The molecule has 1 atom stereocenters. The van der Waals surface area contributed by atoms with E-state index in [-0.39, 0.29) is 0 Å². The topological polar surface area (TPSA) is 71.8 Å². The molecule has 7 nitrogen and oxygen atoms in total. The van der Waals surface area contributed by atoms with E-state index in [4.69, 9.17) is 0 Å². The number of pyridine rings is 1. The van der Waals surface area contributed by atoms with E-state index in [1.165, 1.54) is 17.7 Å². The Morgan fingerprint density at radius 3 is 2.84 bits per heavy atom. The third-order valence-electron chi connectivity index (χ3n) is 4.63. The van der Waals surface area contributed by atoms with Crippen LogP contribution in [0.5, 0.6) is 0 Å². The highest BCUT2D eigenvalue weighted by Gasteiger charge is 2.26. The summed E-state index contributed by atoms with van der Waals surface area (Å²) in [6.45, 7) is 2.02. The Balaban J connectivity index is 1.52. The second-order valence-corrected chi connectivity index (χ2v) is 6.31. The molecule has 1 fully saturated rings. The summed E-state index contributed by atoms with van der Waals surface area (Å²) in [4.78, 5) is 19.5. The van der Waals surface area contributed by atoms with Crippen LogP contribution in [0.15, 0.2) is 49.4 Å². The zero-order valence-electron chi connectivity index (χ0n) is 14.2. The average Bonchev–Trinajstić information content (AvgIpc) is 3.26. The minimum absolute atomic E-state index is 0.403. The van der Waals surface area contributed by atoms with Crippen LogP contribution in [-0.2, 0) is 13.6 Å². The number of anilines is 2. The maximum Gasteiger partial charge on any atom is 0.150 e. The first-order valence-corrected chi connectivity index (χ1v) is 8.48. The molecular weight excluding hydrogens is 314 g/mol. The summed E-state index contributed by atoms with van der Waals surface area (Å²) in [6, 6.07) is 4.62. The Morgan fingerprint density at radius 1 is 1.12 bits per heavy atom. The van der Waals surface area contributed by atoms with E-state index >= 15 is 0 Å². The Kier molecular flexibility index (Phi) is 4.39. The van der Waals surface area contributed by atoms with Crippen molar-refractivity contribution in [3.8, 4) is 0 Å². The molecule has 0 unspecified atom stereocenters. The van der Waals surface area contributed by atoms with Crippen LogP contribution >= 0.6 is 0 Å². The van der Waals surface area contributed by atoms with Crippen molar-refractivity contribution in [1.82, 2.24) is 29.4 Å². The van der Waals surface area contributed by atoms with Crippen molar-refractivity contribution < 1.29 is 0 Å². The molecule has 0 spiro atoms. The van der Waals surface area contributed by atoms with Crippen molar-refractivity contribution in [2.45, 2.75) is 25.4 Å². The molecule has 3 aromatic rings. The molecule has 0 aliphatic carbocycles. The average molecular weight is 335 g/mol. The number of hydrogen-bond donors (Lipinski definition) is 1. The normalized spacial score (nSPS) is 17.7. The van der Waals surface area contributed by atoms with E-state index in [0.29, 0.717) is 11.9 Å². The monoisotopic (exact) mass is 335 g/mol. The number of aromatic nitrogens is 5. The molecule has 128 valence electrons. The summed E-state index contributed by atoms with van der Waals surface area (Å²) < 4.78 is 2.09. The molecule has 0 aromatic carbocycles. The fraction of sp³-hybridized carbons (Fsp3) is 0.333. The summed E-state index contributed by atoms with van der Waals surface area (Å²) in [7, 11) is 2.04. The Morgan fingerprint density at radius 2 is 2.04 bits per heavy atom. The van der Waals surface area contributed by atoms with Crippen LogP contribution < -0.4 is 5.32 Å². The van der Waals surface area contributed by atoms with E-state index in [2.05, 4.69) is 46.9 Å². The Labute approximate surface area is 146 Å². The fourth-order valence-corrected chi connectivity index (χ4v) is 3.36. The van der Waals surface area contributed by atoms with Crippen LogP contribution in [0.1, 0.15) is 30.1 Å². The lowest BCUT2D eigenvalue weighted by Crippen LogP contribution is -2.24. The largest absolute Gasteiger partial charge is 0.337 e.